The minimum absolute atomic E-state index is 0.114. The molecule has 0 spiro atoms. The van der Waals surface area contributed by atoms with Gasteiger partial charge in [0.05, 0.1) is 12.2 Å². The highest BCUT2D eigenvalue weighted by Crippen LogP contribution is 2.50. The SMILES string of the molecule is O=C(NC(CC12CC(CO1)C2)C(=O)O)OCc1ccccc1. The molecule has 1 atom stereocenters. The van der Waals surface area contributed by atoms with Crippen molar-refractivity contribution in [1.82, 2.24) is 5.32 Å². The number of carboxylic acids is 1. The van der Waals surface area contributed by atoms with Crippen molar-refractivity contribution in [3.63, 3.8) is 0 Å². The summed E-state index contributed by atoms with van der Waals surface area (Å²) >= 11 is 0. The Labute approximate surface area is 128 Å². The lowest BCUT2D eigenvalue weighted by molar-refractivity contribution is -0.141. The fourth-order valence-electron chi connectivity index (χ4n) is 3.23. The Morgan fingerprint density at radius 3 is 2.68 bits per heavy atom. The Hall–Kier alpha value is -2.08. The summed E-state index contributed by atoms with van der Waals surface area (Å²) in [6.45, 7) is 0.813. The molecule has 4 rings (SSSR count). The van der Waals surface area contributed by atoms with Gasteiger partial charge in [-0.1, -0.05) is 30.3 Å². The van der Waals surface area contributed by atoms with E-state index in [1.165, 1.54) is 0 Å². The molecule has 2 heterocycles. The molecule has 6 heteroatoms. The van der Waals surface area contributed by atoms with E-state index < -0.39 is 18.1 Å². The highest BCUT2D eigenvalue weighted by atomic mass is 16.5. The number of carbonyl (C=O) groups is 2. The van der Waals surface area contributed by atoms with Gasteiger partial charge in [-0.05, 0) is 24.3 Å². The zero-order chi connectivity index (χ0) is 15.6. The Balaban J connectivity index is 1.50. The van der Waals surface area contributed by atoms with Gasteiger partial charge in [0.2, 0.25) is 0 Å². The standard InChI is InChI=1S/C16H19NO5/c18-14(19)13(8-16-6-12(7-16)10-22-16)17-15(20)21-9-11-4-2-1-3-5-11/h1-5,12-13H,6-10H2,(H,17,20)(H,18,19). The van der Waals surface area contributed by atoms with Crippen LogP contribution in [-0.2, 0) is 20.9 Å². The minimum Gasteiger partial charge on any atom is -0.480 e. The maximum atomic E-state index is 11.8. The number of ether oxygens (including phenoxy) is 2. The molecular formula is C16H19NO5. The van der Waals surface area contributed by atoms with Crippen molar-refractivity contribution in [2.24, 2.45) is 5.92 Å². The first-order chi connectivity index (χ1) is 10.6. The smallest absolute Gasteiger partial charge is 0.408 e. The normalized spacial score (nSPS) is 26.8. The number of carbonyl (C=O) groups excluding carboxylic acids is 1. The molecule has 3 fully saturated rings. The molecule has 118 valence electrons. The Morgan fingerprint density at radius 1 is 1.36 bits per heavy atom. The van der Waals surface area contributed by atoms with Crippen molar-refractivity contribution in [2.75, 3.05) is 6.61 Å². The molecule has 1 unspecified atom stereocenters. The second-order valence-electron chi connectivity index (χ2n) is 6.07. The van der Waals surface area contributed by atoms with Crippen LogP contribution >= 0.6 is 0 Å². The first kappa shape index (κ1) is 14.8. The number of aliphatic carboxylic acids is 1. The summed E-state index contributed by atoms with van der Waals surface area (Å²) in [6.07, 6.45) is 1.34. The molecule has 3 aliphatic rings. The maximum absolute atomic E-state index is 11.8. The number of fused-ring (bicyclic) bond motifs is 1. The van der Waals surface area contributed by atoms with Gasteiger partial charge in [0, 0.05) is 6.42 Å². The van der Waals surface area contributed by atoms with Crippen molar-refractivity contribution < 1.29 is 24.2 Å². The summed E-state index contributed by atoms with van der Waals surface area (Å²) < 4.78 is 10.7. The van der Waals surface area contributed by atoms with E-state index in [-0.39, 0.29) is 12.2 Å². The van der Waals surface area contributed by atoms with E-state index in [0.717, 1.165) is 18.4 Å². The highest BCUT2D eigenvalue weighted by Gasteiger charge is 2.53. The summed E-state index contributed by atoms with van der Waals surface area (Å²) in [7, 11) is 0. The Bertz CT molecular complexity index is 547. The van der Waals surface area contributed by atoms with Crippen molar-refractivity contribution in [1.29, 1.82) is 0 Å². The summed E-state index contributed by atoms with van der Waals surface area (Å²) in [5.41, 5.74) is 0.490. The average Bonchev–Trinajstić information content (AvgIpc) is 3.05. The van der Waals surface area contributed by atoms with Crippen LogP contribution in [0.3, 0.4) is 0 Å². The number of amides is 1. The lowest BCUT2D eigenvalue weighted by atomic mass is 9.71. The Morgan fingerprint density at radius 2 is 2.09 bits per heavy atom. The van der Waals surface area contributed by atoms with Crippen LogP contribution in [0.4, 0.5) is 4.79 Å². The fourth-order valence-corrected chi connectivity index (χ4v) is 3.23. The third-order valence-electron chi connectivity index (χ3n) is 4.33. The van der Waals surface area contributed by atoms with E-state index in [2.05, 4.69) is 5.32 Å². The number of carboxylic acid groups (broad SMARTS) is 1. The number of nitrogens with one attached hydrogen (secondary N) is 1. The monoisotopic (exact) mass is 305 g/mol. The van der Waals surface area contributed by atoms with Crippen LogP contribution in [0.5, 0.6) is 0 Å². The quantitative estimate of drug-likeness (QED) is 0.839. The van der Waals surface area contributed by atoms with Gasteiger partial charge in [0.1, 0.15) is 12.6 Å². The van der Waals surface area contributed by atoms with E-state index in [1.807, 2.05) is 30.3 Å². The molecule has 1 aromatic rings. The third kappa shape index (κ3) is 3.22. The topological polar surface area (TPSA) is 84.9 Å². The molecule has 6 nitrogen and oxygen atoms in total. The molecule has 1 aliphatic carbocycles. The van der Waals surface area contributed by atoms with Crippen LogP contribution in [0, 0.1) is 5.92 Å². The van der Waals surface area contributed by atoms with Gasteiger partial charge in [0.15, 0.2) is 0 Å². The van der Waals surface area contributed by atoms with Gasteiger partial charge >= 0.3 is 12.1 Å². The molecule has 2 saturated heterocycles. The molecule has 2 bridgehead atoms. The van der Waals surface area contributed by atoms with Gasteiger partial charge in [-0.25, -0.2) is 9.59 Å². The van der Waals surface area contributed by atoms with Crippen LogP contribution in [0.1, 0.15) is 24.8 Å². The number of hydrogen-bond acceptors (Lipinski definition) is 4. The summed E-state index contributed by atoms with van der Waals surface area (Å²) in [4.78, 5) is 23.1. The van der Waals surface area contributed by atoms with Crippen molar-refractivity contribution in [3.8, 4) is 0 Å². The molecule has 1 aromatic carbocycles. The van der Waals surface area contributed by atoms with E-state index in [0.29, 0.717) is 18.9 Å². The predicted molar refractivity (Wildman–Crippen MR) is 77.2 cm³/mol. The predicted octanol–water partition coefficient (Wildman–Crippen LogP) is 1.94. The minimum atomic E-state index is -1.06. The van der Waals surface area contributed by atoms with Gasteiger partial charge in [-0.3, -0.25) is 0 Å². The molecule has 1 saturated carbocycles. The van der Waals surface area contributed by atoms with Gasteiger partial charge < -0.3 is 19.9 Å². The number of hydrogen-bond donors (Lipinski definition) is 2. The Kier molecular flexibility index (Phi) is 4.02. The molecule has 22 heavy (non-hydrogen) atoms. The zero-order valence-corrected chi connectivity index (χ0v) is 12.2. The molecule has 2 N–H and O–H groups in total. The summed E-state index contributed by atoms with van der Waals surface area (Å²) in [5.74, 6) is -0.510. The van der Waals surface area contributed by atoms with E-state index in [4.69, 9.17) is 9.47 Å². The fraction of sp³-hybridized carbons (Fsp3) is 0.500. The molecular weight excluding hydrogens is 286 g/mol. The summed E-state index contributed by atoms with van der Waals surface area (Å²) in [5, 5.41) is 11.7. The molecule has 0 aromatic heterocycles. The number of rotatable bonds is 6. The molecule has 1 amide bonds. The van der Waals surface area contributed by atoms with Gasteiger partial charge in [-0.2, -0.15) is 0 Å². The number of alkyl carbamates (subject to hydrolysis) is 1. The third-order valence-corrected chi connectivity index (χ3v) is 4.33. The average molecular weight is 305 g/mol. The van der Waals surface area contributed by atoms with Crippen LogP contribution in [0.15, 0.2) is 30.3 Å². The molecule has 2 aliphatic heterocycles. The van der Waals surface area contributed by atoms with Crippen LogP contribution in [0.2, 0.25) is 0 Å². The first-order valence-electron chi connectivity index (χ1n) is 7.40. The second kappa shape index (κ2) is 5.96. The largest absolute Gasteiger partial charge is 0.480 e. The first-order valence-corrected chi connectivity index (χ1v) is 7.40. The van der Waals surface area contributed by atoms with Gasteiger partial charge in [-0.15, -0.1) is 0 Å². The highest BCUT2D eigenvalue weighted by molar-refractivity contribution is 5.80. The lowest BCUT2D eigenvalue weighted by Gasteiger charge is -2.37. The van der Waals surface area contributed by atoms with E-state index >= 15 is 0 Å². The van der Waals surface area contributed by atoms with Crippen LogP contribution in [0.25, 0.3) is 0 Å². The van der Waals surface area contributed by atoms with Gasteiger partial charge in [0.25, 0.3) is 0 Å². The molecule has 0 radical (unpaired) electrons. The second-order valence-corrected chi connectivity index (χ2v) is 6.07. The van der Waals surface area contributed by atoms with E-state index in [1.54, 1.807) is 0 Å². The van der Waals surface area contributed by atoms with Crippen LogP contribution < -0.4 is 5.32 Å². The lowest BCUT2D eigenvalue weighted by Crippen LogP contribution is -2.49. The van der Waals surface area contributed by atoms with Crippen LogP contribution in [-0.4, -0.2) is 35.4 Å². The maximum Gasteiger partial charge on any atom is 0.408 e. The van der Waals surface area contributed by atoms with Crippen molar-refractivity contribution >= 4 is 12.1 Å². The summed E-state index contributed by atoms with van der Waals surface area (Å²) in [6, 6.07) is 8.25. The number of benzene rings is 1. The van der Waals surface area contributed by atoms with E-state index in [9.17, 15) is 14.7 Å². The van der Waals surface area contributed by atoms with Crippen molar-refractivity contribution in [2.45, 2.75) is 37.5 Å². The van der Waals surface area contributed by atoms with Crippen molar-refractivity contribution in [3.05, 3.63) is 35.9 Å². The zero-order valence-electron chi connectivity index (χ0n) is 12.2.